The molecule has 0 bridgehead atoms. The molecule has 0 atom stereocenters. The first-order valence-electron chi connectivity index (χ1n) is 7.18. The van der Waals surface area contributed by atoms with Gasteiger partial charge in [-0.2, -0.15) is 0 Å². The number of hydrogen-bond donors (Lipinski definition) is 1. The van der Waals surface area contributed by atoms with Crippen molar-refractivity contribution < 1.29 is 8.42 Å². The van der Waals surface area contributed by atoms with Crippen LogP contribution in [0.15, 0.2) is 77.7 Å². The van der Waals surface area contributed by atoms with Gasteiger partial charge in [-0.05, 0) is 34.9 Å². The molecule has 3 rings (SSSR count). The molecule has 0 heterocycles. The molecule has 0 amide bonds. The average Bonchev–Trinajstić information content (AvgIpc) is 2.56. The molecule has 112 valence electrons. The van der Waals surface area contributed by atoms with E-state index in [4.69, 9.17) is 0 Å². The van der Waals surface area contributed by atoms with Gasteiger partial charge in [0.25, 0.3) is 0 Å². The van der Waals surface area contributed by atoms with E-state index in [0.717, 1.165) is 5.56 Å². The molecule has 0 radical (unpaired) electrons. The second kappa shape index (κ2) is 6.30. The van der Waals surface area contributed by atoms with Gasteiger partial charge in [0.1, 0.15) is 0 Å². The molecule has 0 fully saturated rings. The maximum absolute atomic E-state index is 12.2. The predicted molar refractivity (Wildman–Crippen MR) is 89.3 cm³/mol. The van der Waals surface area contributed by atoms with Gasteiger partial charge >= 0.3 is 0 Å². The first-order chi connectivity index (χ1) is 10.7. The first-order valence-corrected chi connectivity index (χ1v) is 8.66. The lowest BCUT2D eigenvalue weighted by atomic mass is 10.0. The Balaban J connectivity index is 1.73. The molecule has 0 saturated heterocycles. The third-order valence-electron chi connectivity index (χ3n) is 3.62. The molecule has 0 aromatic heterocycles. The minimum absolute atomic E-state index is 0.299. The Labute approximate surface area is 130 Å². The van der Waals surface area contributed by atoms with Crippen LogP contribution in [0.2, 0.25) is 0 Å². The van der Waals surface area contributed by atoms with Crippen molar-refractivity contribution in [2.45, 2.75) is 11.3 Å². The van der Waals surface area contributed by atoms with Gasteiger partial charge in [0, 0.05) is 6.54 Å². The third kappa shape index (κ3) is 3.18. The predicted octanol–water partition coefficient (Wildman–Crippen LogP) is 3.36. The van der Waals surface area contributed by atoms with Crippen molar-refractivity contribution in [1.82, 2.24) is 4.72 Å². The van der Waals surface area contributed by atoms with Gasteiger partial charge in [0.15, 0.2) is 0 Å². The second-order valence-corrected chi connectivity index (χ2v) is 6.87. The van der Waals surface area contributed by atoms with Gasteiger partial charge in [-0.15, -0.1) is 0 Å². The highest BCUT2D eigenvalue weighted by Crippen LogP contribution is 2.18. The van der Waals surface area contributed by atoms with Crippen molar-refractivity contribution >= 4 is 20.8 Å². The van der Waals surface area contributed by atoms with Crippen LogP contribution in [-0.2, 0) is 16.4 Å². The van der Waals surface area contributed by atoms with Crippen molar-refractivity contribution in [2.24, 2.45) is 0 Å². The number of sulfonamides is 1. The van der Waals surface area contributed by atoms with Crippen molar-refractivity contribution in [1.29, 1.82) is 0 Å². The summed E-state index contributed by atoms with van der Waals surface area (Å²) in [6, 6.07) is 22.7. The second-order valence-electron chi connectivity index (χ2n) is 5.10. The Morgan fingerprint density at radius 1 is 0.773 bits per heavy atom. The fourth-order valence-electron chi connectivity index (χ4n) is 2.51. The molecule has 0 saturated carbocycles. The summed E-state index contributed by atoms with van der Waals surface area (Å²) in [5, 5.41) is 2.34. The highest BCUT2D eigenvalue weighted by molar-refractivity contribution is 7.89. The van der Waals surface area contributed by atoms with Crippen LogP contribution in [0.5, 0.6) is 0 Å². The summed E-state index contributed by atoms with van der Waals surface area (Å²) in [7, 11) is -3.43. The van der Waals surface area contributed by atoms with Crippen molar-refractivity contribution in [3.8, 4) is 0 Å². The number of nitrogens with one attached hydrogen (secondary N) is 1. The molecule has 0 spiro atoms. The number of benzene rings is 3. The van der Waals surface area contributed by atoms with Gasteiger partial charge in [-0.3, -0.25) is 0 Å². The van der Waals surface area contributed by atoms with Crippen LogP contribution in [0.4, 0.5) is 0 Å². The molecule has 1 N–H and O–H groups in total. The fourth-order valence-corrected chi connectivity index (χ4v) is 3.57. The topological polar surface area (TPSA) is 46.2 Å². The largest absolute Gasteiger partial charge is 0.240 e. The molecule has 22 heavy (non-hydrogen) atoms. The maximum atomic E-state index is 12.2. The highest BCUT2D eigenvalue weighted by atomic mass is 32.2. The van der Waals surface area contributed by atoms with Crippen LogP contribution >= 0.6 is 0 Å². The van der Waals surface area contributed by atoms with Gasteiger partial charge in [-0.1, -0.05) is 60.7 Å². The van der Waals surface area contributed by atoms with E-state index in [2.05, 4.69) is 22.9 Å². The molecular weight excluding hydrogens is 294 g/mol. The molecule has 0 unspecified atom stereocenters. The molecule has 3 aromatic carbocycles. The van der Waals surface area contributed by atoms with Gasteiger partial charge in [-0.25, -0.2) is 13.1 Å². The number of fused-ring (bicyclic) bond motifs is 1. The Hall–Kier alpha value is -2.17. The van der Waals surface area contributed by atoms with Crippen LogP contribution in [0.3, 0.4) is 0 Å². The van der Waals surface area contributed by atoms with Crippen LogP contribution in [0.1, 0.15) is 5.56 Å². The third-order valence-corrected chi connectivity index (χ3v) is 5.10. The number of hydrogen-bond acceptors (Lipinski definition) is 2. The fraction of sp³-hybridized carbons (Fsp3) is 0.111. The smallest absolute Gasteiger partial charge is 0.211 e. The van der Waals surface area contributed by atoms with E-state index >= 15 is 0 Å². The van der Waals surface area contributed by atoms with Crippen molar-refractivity contribution in [2.75, 3.05) is 6.54 Å². The summed E-state index contributed by atoms with van der Waals surface area (Å²) < 4.78 is 27.0. The standard InChI is InChI=1S/C18H17NO2S/c20-22(21,17-10-2-1-3-11-17)19-14-13-16-9-6-8-15-7-4-5-12-18(15)16/h1-12,19H,13-14H2. The molecular formula is C18H17NO2S. The quantitative estimate of drug-likeness (QED) is 0.785. The Morgan fingerprint density at radius 3 is 2.27 bits per heavy atom. The van der Waals surface area contributed by atoms with E-state index in [1.54, 1.807) is 30.3 Å². The summed E-state index contributed by atoms with van der Waals surface area (Å²) in [5.74, 6) is 0. The van der Waals surface area contributed by atoms with E-state index in [1.165, 1.54) is 10.8 Å². The minimum atomic E-state index is -3.43. The summed E-state index contributed by atoms with van der Waals surface area (Å²) in [5.41, 5.74) is 1.15. The van der Waals surface area contributed by atoms with Gasteiger partial charge in [0.05, 0.1) is 4.90 Å². The van der Waals surface area contributed by atoms with Crippen LogP contribution in [-0.4, -0.2) is 15.0 Å². The summed E-state index contributed by atoms with van der Waals surface area (Å²) in [6.45, 7) is 0.380. The van der Waals surface area contributed by atoms with E-state index < -0.39 is 10.0 Å². The summed E-state index contributed by atoms with van der Waals surface area (Å²) >= 11 is 0. The number of rotatable bonds is 5. The normalized spacial score (nSPS) is 11.6. The molecule has 3 nitrogen and oxygen atoms in total. The van der Waals surface area contributed by atoms with Crippen LogP contribution in [0, 0.1) is 0 Å². The lowest BCUT2D eigenvalue weighted by Gasteiger charge is -2.09. The first kappa shape index (κ1) is 14.8. The van der Waals surface area contributed by atoms with Crippen molar-refractivity contribution in [3.63, 3.8) is 0 Å². The SMILES string of the molecule is O=S(=O)(NCCc1cccc2ccccc12)c1ccccc1. The van der Waals surface area contributed by atoms with Crippen molar-refractivity contribution in [3.05, 3.63) is 78.4 Å². The Bertz CT molecular complexity index is 868. The summed E-state index contributed by atoms with van der Waals surface area (Å²) in [4.78, 5) is 0.299. The summed E-state index contributed by atoms with van der Waals surface area (Å²) in [6.07, 6.45) is 0.660. The molecule has 3 aromatic rings. The highest BCUT2D eigenvalue weighted by Gasteiger charge is 2.12. The molecule has 0 aliphatic carbocycles. The van der Waals surface area contributed by atoms with E-state index in [-0.39, 0.29) is 0 Å². The van der Waals surface area contributed by atoms with Crippen LogP contribution in [0.25, 0.3) is 10.8 Å². The lowest BCUT2D eigenvalue weighted by Crippen LogP contribution is -2.25. The molecule has 0 aliphatic rings. The minimum Gasteiger partial charge on any atom is -0.211 e. The zero-order chi connectivity index (χ0) is 15.4. The lowest BCUT2D eigenvalue weighted by molar-refractivity contribution is 0.581. The van der Waals surface area contributed by atoms with E-state index in [0.29, 0.717) is 17.9 Å². The van der Waals surface area contributed by atoms with Crippen LogP contribution < -0.4 is 4.72 Å². The van der Waals surface area contributed by atoms with E-state index in [1.807, 2.05) is 24.3 Å². The molecule has 0 aliphatic heterocycles. The average molecular weight is 311 g/mol. The Morgan fingerprint density at radius 2 is 1.45 bits per heavy atom. The van der Waals surface area contributed by atoms with E-state index in [9.17, 15) is 8.42 Å². The molecule has 4 heteroatoms. The zero-order valence-electron chi connectivity index (χ0n) is 12.1. The zero-order valence-corrected chi connectivity index (χ0v) is 12.9. The van der Waals surface area contributed by atoms with Gasteiger partial charge in [0.2, 0.25) is 10.0 Å². The Kier molecular flexibility index (Phi) is 4.22. The van der Waals surface area contributed by atoms with Gasteiger partial charge < -0.3 is 0 Å². The maximum Gasteiger partial charge on any atom is 0.240 e. The monoisotopic (exact) mass is 311 g/mol.